The van der Waals surface area contributed by atoms with Crippen LogP contribution in [0.4, 0.5) is 0 Å². The number of benzene rings is 1. The first-order chi connectivity index (χ1) is 30.9. The third-order valence-electron chi connectivity index (χ3n) is 14.4. The maximum atomic E-state index is 11.8. The van der Waals surface area contributed by atoms with E-state index in [-0.39, 0.29) is 4.90 Å². The zero-order valence-electron chi connectivity index (χ0n) is 43.0. The summed E-state index contributed by atoms with van der Waals surface area (Å²) in [6, 6.07) is 6.98. The van der Waals surface area contributed by atoms with E-state index >= 15 is 0 Å². The molecule has 1 rings (SSSR count). The first-order valence-corrected chi connectivity index (χ1v) is 30.2. The van der Waals surface area contributed by atoms with Crippen LogP contribution in [-0.4, -0.2) is 37.1 Å². The Morgan fingerprint density at radius 1 is 0.317 bits per heavy atom. The van der Waals surface area contributed by atoms with Gasteiger partial charge in [0, 0.05) is 5.56 Å². The van der Waals surface area contributed by atoms with Crippen LogP contribution in [0.5, 0.6) is 0 Å². The van der Waals surface area contributed by atoms with Gasteiger partial charge in [0.2, 0.25) is 0 Å². The first-order valence-electron chi connectivity index (χ1n) is 28.8. The average Bonchev–Trinajstić information content (AvgIpc) is 3.27. The lowest BCUT2D eigenvalue weighted by molar-refractivity contribution is -0.941. The van der Waals surface area contributed by atoms with Crippen LogP contribution in [0.2, 0.25) is 0 Å². The van der Waals surface area contributed by atoms with Gasteiger partial charge in [-0.15, -0.1) is 0 Å². The smallest absolute Gasteiger partial charge is 0.124 e. The molecule has 0 saturated carbocycles. The molecule has 0 atom stereocenters. The van der Waals surface area contributed by atoms with Crippen molar-refractivity contribution in [1.29, 1.82) is 0 Å². The molecule has 0 radical (unpaired) electrons. The number of unbranched alkanes of at least 4 members (excludes halogenated alkanes) is 42. The summed E-state index contributed by atoms with van der Waals surface area (Å²) in [6.07, 6.45) is 62.7. The molecule has 0 spiro atoms. The van der Waals surface area contributed by atoms with Gasteiger partial charge in [-0.1, -0.05) is 283 Å². The van der Waals surface area contributed by atoms with Gasteiger partial charge >= 0.3 is 0 Å². The molecule has 0 bridgehead atoms. The normalized spacial score (nSPS) is 12.2. The molecular formula is C58H111NO3S. The molecule has 0 aliphatic rings. The molecule has 0 heterocycles. The van der Waals surface area contributed by atoms with E-state index in [9.17, 15) is 13.0 Å². The summed E-state index contributed by atoms with van der Waals surface area (Å²) in [5.41, 5.74) is 1.19. The Morgan fingerprint density at radius 2 is 0.508 bits per heavy atom. The Bertz CT molecular complexity index is 1080. The second-order valence-corrected chi connectivity index (χ2v) is 22.0. The van der Waals surface area contributed by atoms with Gasteiger partial charge in [-0.3, -0.25) is 0 Å². The lowest BCUT2D eigenvalue weighted by Crippen LogP contribution is -2.49. The summed E-state index contributed by atoms with van der Waals surface area (Å²) in [5, 5.41) is 0. The molecule has 0 saturated heterocycles. The molecule has 4 nitrogen and oxygen atoms in total. The summed E-state index contributed by atoms with van der Waals surface area (Å²) >= 11 is 0. The number of nitrogens with zero attached hydrogens (tertiary/aromatic N) is 1. The van der Waals surface area contributed by atoms with Crippen molar-refractivity contribution in [2.75, 3.05) is 19.6 Å². The molecule has 0 fully saturated rings. The summed E-state index contributed by atoms with van der Waals surface area (Å²) in [6.45, 7) is 11.5. The standard InChI is InChI=1S/C58H111NO3S/c1-4-7-10-13-16-19-22-25-28-31-34-37-40-43-46-53-59(56-57-49-51-58(52-50-57)63(60,61)62,54-47-44-41-38-35-32-29-26-23-20-17-14-11-8-5-2)55-48-45-42-39-36-33-30-27-24-21-18-15-12-9-6-3/h49-52H,4-48,53-56H2,1-3H3. The molecular weight excluding hydrogens is 791 g/mol. The van der Waals surface area contributed by atoms with E-state index in [4.69, 9.17) is 0 Å². The van der Waals surface area contributed by atoms with Crippen molar-refractivity contribution in [2.24, 2.45) is 0 Å². The van der Waals surface area contributed by atoms with Gasteiger partial charge in [0.25, 0.3) is 0 Å². The number of quaternary nitrogens is 1. The van der Waals surface area contributed by atoms with E-state index in [1.165, 1.54) is 314 Å². The van der Waals surface area contributed by atoms with Gasteiger partial charge in [0.15, 0.2) is 0 Å². The summed E-state index contributed by atoms with van der Waals surface area (Å²) < 4.78 is 36.4. The van der Waals surface area contributed by atoms with Gasteiger partial charge in [0.05, 0.1) is 24.5 Å². The monoisotopic (exact) mass is 902 g/mol. The summed E-state index contributed by atoms with van der Waals surface area (Å²) in [4.78, 5) is -0.100. The highest BCUT2D eigenvalue weighted by Crippen LogP contribution is 2.24. The highest BCUT2D eigenvalue weighted by molar-refractivity contribution is 7.85. The fourth-order valence-corrected chi connectivity index (χ4v) is 10.6. The van der Waals surface area contributed by atoms with Crippen molar-refractivity contribution in [1.82, 2.24) is 0 Å². The zero-order chi connectivity index (χ0) is 45.6. The Balaban J connectivity index is 2.65. The highest BCUT2D eigenvalue weighted by Gasteiger charge is 2.27. The maximum Gasteiger partial charge on any atom is 0.124 e. The van der Waals surface area contributed by atoms with Crippen LogP contribution in [0.25, 0.3) is 0 Å². The summed E-state index contributed by atoms with van der Waals surface area (Å²) in [5.74, 6) is 0. The Hall–Kier alpha value is -0.910. The minimum atomic E-state index is -4.43. The van der Waals surface area contributed by atoms with E-state index in [0.717, 1.165) is 11.0 Å². The molecule has 0 N–H and O–H groups in total. The number of hydrogen-bond donors (Lipinski definition) is 0. The maximum absolute atomic E-state index is 11.8. The van der Waals surface area contributed by atoms with E-state index in [2.05, 4.69) is 20.8 Å². The third kappa shape index (κ3) is 38.9. The van der Waals surface area contributed by atoms with Crippen LogP contribution in [0, 0.1) is 0 Å². The van der Waals surface area contributed by atoms with Gasteiger partial charge in [-0.2, -0.15) is 0 Å². The molecule has 5 heteroatoms. The van der Waals surface area contributed by atoms with Gasteiger partial charge in [-0.25, -0.2) is 8.42 Å². The fraction of sp³-hybridized carbons (Fsp3) is 0.897. The molecule has 0 amide bonds. The minimum absolute atomic E-state index is 0.100. The van der Waals surface area contributed by atoms with E-state index in [0.29, 0.717) is 0 Å². The van der Waals surface area contributed by atoms with Crippen molar-refractivity contribution in [3.8, 4) is 0 Å². The van der Waals surface area contributed by atoms with Crippen LogP contribution in [0.3, 0.4) is 0 Å². The second-order valence-electron chi connectivity index (χ2n) is 20.6. The zero-order valence-corrected chi connectivity index (χ0v) is 43.9. The topological polar surface area (TPSA) is 57.2 Å². The van der Waals surface area contributed by atoms with Crippen LogP contribution >= 0.6 is 0 Å². The van der Waals surface area contributed by atoms with Crippen molar-refractivity contribution in [3.05, 3.63) is 29.8 Å². The SMILES string of the molecule is CCCCCCCCCCCCCCCCC[N+](CCCCCCCCCCCCCCCCC)(CCCCCCCCCCCCCCCCC)Cc1ccc(S(=O)(=O)[O-])cc1. The Morgan fingerprint density at radius 3 is 0.698 bits per heavy atom. The molecule has 1 aromatic carbocycles. The second kappa shape index (κ2) is 44.9. The first kappa shape index (κ1) is 60.1. The Kier molecular flexibility index (Phi) is 42.8. The van der Waals surface area contributed by atoms with Gasteiger partial charge in [-0.05, 0) is 50.7 Å². The van der Waals surface area contributed by atoms with Crippen molar-refractivity contribution >= 4 is 10.1 Å². The average molecular weight is 903 g/mol. The van der Waals surface area contributed by atoms with E-state index in [1.807, 2.05) is 12.1 Å². The molecule has 0 aromatic heterocycles. The van der Waals surface area contributed by atoms with Crippen molar-refractivity contribution in [2.45, 2.75) is 321 Å². The largest absolute Gasteiger partial charge is 0.744 e. The molecule has 372 valence electrons. The third-order valence-corrected chi connectivity index (χ3v) is 15.3. The highest BCUT2D eigenvalue weighted by atomic mass is 32.2. The minimum Gasteiger partial charge on any atom is -0.744 e. The van der Waals surface area contributed by atoms with Crippen LogP contribution < -0.4 is 0 Å². The van der Waals surface area contributed by atoms with E-state index in [1.54, 1.807) is 12.1 Å². The molecule has 0 aliphatic heterocycles. The Labute approximate surface area is 396 Å². The van der Waals surface area contributed by atoms with E-state index < -0.39 is 10.1 Å². The quantitative estimate of drug-likeness (QED) is 0.0372. The predicted molar refractivity (Wildman–Crippen MR) is 278 cm³/mol. The molecule has 0 aliphatic carbocycles. The van der Waals surface area contributed by atoms with Crippen molar-refractivity contribution in [3.63, 3.8) is 0 Å². The molecule has 0 unspecified atom stereocenters. The lowest BCUT2D eigenvalue weighted by atomic mass is 10.0. The number of rotatable bonds is 51. The van der Waals surface area contributed by atoms with Gasteiger partial charge in [0.1, 0.15) is 16.7 Å². The van der Waals surface area contributed by atoms with Crippen LogP contribution in [-0.2, 0) is 16.7 Å². The molecule has 63 heavy (non-hydrogen) atoms. The van der Waals surface area contributed by atoms with Gasteiger partial charge < -0.3 is 9.04 Å². The van der Waals surface area contributed by atoms with Crippen molar-refractivity contribution < 1.29 is 17.5 Å². The van der Waals surface area contributed by atoms with Crippen LogP contribution in [0.15, 0.2) is 29.2 Å². The lowest BCUT2D eigenvalue weighted by Gasteiger charge is -2.39. The fourth-order valence-electron chi connectivity index (χ4n) is 10.2. The molecule has 1 aromatic rings. The summed E-state index contributed by atoms with van der Waals surface area (Å²) in [7, 11) is -4.43. The van der Waals surface area contributed by atoms with Crippen LogP contribution in [0.1, 0.15) is 315 Å². The predicted octanol–water partition coefficient (Wildman–Crippen LogP) is 19.5. The number of hydrogen-bond acceptors (Lipinski definition) is 3.